The molecular formula is C28H30N2O3S2. The summed E-state index contributed by atoms with van der Waals surface area (Å²) in [6.45, 7) is 4.27. The number of aryl methyl sites for hydroxylation is 2. The van der Waals surface area contributed by atoms with Crippen molar-refractivity contribution in [3.05, 3.63) is 100 Å². The minimum Gasteiger partial charge on any atom is -0.349 e. The fourth-order valence-electron chi connectivity index (χ4n) is 3.95. The predicted molar refractivity (Wildman–Crippen MR) is 146 cm³/mol. The summed E-state index contributed by atoms with van der Waals surface area (Å²) in [5.74, 6) is -0.104. The Morgan fingerprint density at radius 1 is 0.971 bits per heavy atom. The Bertz CT molecular complexity index is 1410. The molecule has 4 rings (SSSR count). The predicted octanol–water partition coefficient (Wildman–Crippen LogP) is 5.93. The molecule has 0 spiro atoms. The average molecular weight is 507 g/mol. The molecule has 0 aliphatic heterocycles. The first-order chi connectivity index (χ1) is 16.7. The van der Waals surface area contributed by atoms with Crippen LogP contribution in [0.3, 0.4) is 0 Å². The third-order valence-corrected chi connectivity index (χ3v) is 8.20. The summed E-state index contributed by atoms with van der Waals surface area (Å²) >= 11 is 1.42. The van der Waals surface area contributed by atoms with Crippen LogP contribution in [0.25, 0.3) is 10.1 Å². The number of rotatable bonds is 9. The van der Waals surface area contributed by atoms with Crippen molar-refractivity contribution in [1.29, 1.82) is 0 Å². The van der Waals surface area contributed by atoms with E-state index in [1.807, 2.05) is 74.5 Å². The van der Waals surface area contributed by atoms with Crippen LogP contribution in [-0.2, 0) is 23.0 Å². The second-order valence-electron chi connectivity index (χ2n) is 8.99. The minimum absolute atomic E-state index is 0.0405. The van der Waals surface area contributed by atoms with E-state index >= 15 is 0 Å². The van der Waals surface area contributed by atoms with Crippen molar-refractivity contribution in [1.82, 2.24) is 5.32 Å². The van der Waals surface area contributed by atoms with Gasteiger partial charge in [0, 0.05) is 10.7 Å². The Kier molecular flexibility index (Phi) is 7.57. The standard InChI is InChI=1S/C28H30N2O3S2/c1-20-9-12-23(13-10-20)19-30(35(3,32)33)25-15-16-26-24(17-25)18-27(34-26)28(31)29-21(2)11-14-22-7-5-4-6-8-22/h4-10,12-13,15-18,21H,11,14,19H2,1-3H3,(H,29,31). The fraction of sp³-hybridized carbons (Fsp3) is 0.250. The quantitative estimate of drug-likeness (QED) is 0.306. The van der Waals surface area contributed by atoms with Crippen LogP contribution >= 0.6 is 11.3 Å². The van der Waals surface area contributed by atoms with E-state index in [1.165, 1.54) is 27.5 Å². The molecule has 182 valence electrons. The molecule has 0 radical (unpaired) electrons. The van der Waals surface area contributed by atoms with E-state index in [4.69, 9.17) is 0 Å². The molecule has 3 aromatic carbocycles. The van der Waals surface area contributed by atoms with Crippen molar-refractivity contribution in [2.45, 2.75) is 39.3 Å². The normalized spacial score (nSPS) is 12.4. The molecule has 5 nitrogen and oxygen atoms in total. The van der Waals surface area contributed by atoms with Crippen molar-refractivity contribution < 1.29 is 13.2 Å². The number of benzene rings is 3. The highest BCUT2D eigenvalue weighted by molar-refractivity contribution is 7.92. The third kappa shape index (κ3) is 6.50. The lowest BCUT2D eigenvalue weighted by molar-refractivity contribution is 0.0942. The van der Waals surface area contributed by atoms with Gasteiger partial charge in [0.05, 0.1) is 23.4 Å². The van der Waals surface area contributed by atoms with Gasteiger partial charge in [0.1, 0.15) is 0 Å². The smallest absolute Gasteiger partial charge is 0.261 e. The summed E-state index contributed by atoms with van der Waals surface area (Å²) in [5.41, 5.74) is 3.88. The molecule has 0 saturated carbocycles. The number of hydrogen-bond acceptors (Lipinski definition) is 4. The molecule has 7 heteroatoms. The molecule has 1 atom stereocenters. The maximum absolute atomic E-state index is 12.9. The van der Waals surface area contributed by atoms with Gasteiger partial charge in [0.15, 0.2) is 0 Å². The minimum atomic E-state index is -3.49. The maximum atomic E-state index is 12.9. The summed E-state index contributed by atoms with van der Waals surface area (Å²) in [5, 5.41) is 3.95. The molecule has 0 bridgehead atoms. The van der Waals surface area contributed by atoms with Crippen LogP contribution in [0, 0.1) is 6.92 Å². The number of nitrogens with zero attached hydrogens (tertiary/aromatic N) is 1. The van der Waals surface area contributed by atoms with Gasteiger partial charge >= 0.3 is 0 Å². The van der Waals surface area contributed by atoms with Gasteiger partial charge in [0.25, 0.3) is 5.91 Å². The molecule has 4 aromatic rings. The molecule has 1 amide bonds. The lowest BCUT2D eigenvalue weighted by Crippen LogP contribution is -2.32. The summed E-state index contributed by atoms with van der Waals surface area (Å²) in [6.07, 6.45) is 2.97. The van der Waals surface area contributed by atoms with Crippen molar-refractivity contribution in [2.24, 2.45) is 0 Å². The van der Waals surface area contributed by atoms with Gasteiger partial charge in [-0.15, -0.1) is 11.3 Å². The molecule has 0 aliphatic rings. The van der Waals surface area contributed by atoms with Gasteiger partial charge in [-0.3, -0.25) is 9.10 Å². The van der Waals surface area contributed by atoms with Gasteiger partial charge in [0.2, 0.25) is 10.0 Å². The zero-order valence-electron chi connectivity index (χ0n) is 20.2. The number of fused-ring (bicyclic) bond motifs is 1. The lowest BCUT2D eigenvalue weighted by Gasteiger charge is -2.22. The highest BCUT2D eigenvalue weighted by Crippen LogP contribution is 2.31. The van der Waals surface area contributed by atoms with Crippen LogP contribution in [0.2, 0.25) is 0 Å². The molecular weight excluding hydrogens is 476 g/mol. The number of sulfonamides is 1. The molecule has 35 heavy (non-hydrogen) atoms. The Hall–Kier alpha value is -3.16. The molecule has 1 aromatic heterocycles. The summed E-state index contributed by atoms with van der Waals surface area (Å²) in [4.78, 5) is 13.5. The second kappa shape index (κ2) is 10.6. The topological polar surface area (TPSA) is 66.5 Å². The van der Waals surface area contributed by atoms with E-state index in [9.17, 15) is 13.2 Å². The van der Waals surface area contributed by atoms with Crippen molar-refractivity contribution in [2.75, 3.05) is 10.6 Å². The van der Waals surface area contributed by atoms with Gasteiger partial charge in [-0.1, -0.05) is 60.2 Å². The number of amides is 1. The lowest BCUT2D eigenvalue weighted by atomic mass is 10.1. The molecule has 1 heterocycles. The van der Waals surface area contributed by atoms with Crippen LogP contribution in [0.15, 0.2) is 78.9 Å². The molecule has 1 unspecified atom stereocenters. The van der Waals surface area contributed by atoms with Crippen molar-refractivity contribution >= 4 is 43.0 Å². The number of carbonyl (C=O) groups excluding carboxylic acids is 1. The zero-order valence-corrected chi connectivity index (χ0v) is 21.8. The van der Waals surface area contributed by atoms with Gasteiger partial charge in [-0.25, -0.2) is 8.42 Å². The first-order valence-corrected chi connectivity index (χ1v) is 14.3. The second-order valence-corrected chi connectivity index (χ2v) is 12.0. The number of carbonyl (C=O) groups is 1. The highest BCUT2D eigenvalue weighted by atomic mass is 32.2. The fourth-order valence-corrected chi connectivity index (χ4v) is 5.78. The van der Waals surface area contributed by atoms with Crippen LogP contribution in [0.4, 0.5) is 5.69 Å². The van der Waals surface area contributed by atoms with Crippen LogP contribution < -0.4 is 9.62 Å². The van der Waals surface area contributed by atoms with E-state index in [-0.39, 0.29) is 18.5 Å². The number of thiophene rings is 1. The average Bonchev–Trinajstić information content (AvgIpc) is 3.26. The summed E-state index contributed by atoms with van der Waals surface area (Å²) < 4.78 is 27.6. The number of nitrogens with one attached hydrogen (secondary N) is 1. The van der Waals surface area contributed by atoms with Crippen LogP contribution in [0.1, 0.15) is 39.7 Å². The van der Waals surface area contributed by atoms with Crippen LogP contribution in [0.5, 0.6) is 0 Å². The van der Waals surface area contributed by atoms with Crippen molar-refractivity contribution in [3.8, 4) is 0 Å². The SMILES string of the molecule is Cc1ccc(CN(c2ccc3sc(C(=O)NC(C)CCc4ccccc4)cc3c2)S(C)(=O)=O)cc1. The van der Waals surface area contributed by atoms with Gasteiger partial charge in [-0.2, -0.15) is 0 Å². The van der Waals surface area contributed by atoms with E-state index in [0.717, 1.165) is 34.1 Å². The number of anilines is 1. The van der Waals surface area contributed by atoms with Gasteiger partial charge in [-0.05, 0) is 67.5 Å². The summed E-state index contributed by atoms with van der Waals surface area (Å²) in [7, 11) is -3.49. The molecule has 0 fully saturated rings. The van der Waals surface area contributed by atoms with E-state index in [2.05, 4.69) is 17.4 Å². The van der Waals surface area contributed by atoms with Crippen LogP contribution in [-0.4, -0.2) is 26.6 Å². The Morgan fingerprint density at radius 3 is 2.37 bits per heavy atom. The Labute approximate surface area is 211 Å². The van der Waals surface area contributed by atoms with Crippen molar-refractivity contribution in [3.63, 3.8) is 0 Å². The molecule has 0 aliphatic carbocycles. The number of hydrogen-bond donors (Lipinski definition) is 1. The Balaban J connectivity index is 1.49. The Morgan fingerprint density at radius 2 is 1.69 bits per heavy atom. The molecule has 0 saturated heterocycles. The maximum Gasteiger partial charge on any atom is 0.261 e. The van der Waals surface area contributed by atoms with Gasteiger partial charge < -0.3 is 5.32 Å². The first kappa shape index (κ1) is 24.9. The monoisotopic (exact) mass is 506 g/mol. The van der Waals surface area contributed by atoms with E-state index in [0.29, 0.717) is 10.6 Å². The van der Waals surface area contributed by atoms with E-state index < -0.39 is 10.0 Å². The van der Waals surface area contributed by atoms with E-state index in [1.54, 1.807) is 6.07 Å². The highest BCUT2D eigenvalue weighted by Gasteiger charge is 2.20. The first-order valence-electron chi connectivity index (χ1n) is 11.6. The summed E-state index contributed by atoms with van der Waals surface area (Å²) in [6, 6.07) is 25.5. The largest absolute Gasteiger partial charge is 0.349 e. The zero-order chi connectivity index (χ0) is 25.0. The molecule has 1 N–H and O–H groups in total. The third-order valence-electron chi connectivity index (χ3n) is 5.95.